The fraction of sp³-hybridized carbons (Fsp3) is 0.385. The summed E-state index contributed by atoms with van der Waals surface area (Å²) >= 11 is 0. The van der Waals surface area contributed by atoms with Crippen LogP contribution in [-0.4, -0.2) is 35.0 Å². The van der Waals surface area contributed by atoms with Crippen LogP contribution in [0.4, 0.5) is 39.5 Å². The smallest absolute Gasteiger partial charge is 0.438 e. The Morgan fingerprint density at radius 1 is 0.846 bits per heavy atom. The van der Waals surface area contributed by atoms with Crippen LogP contribution in [0, 0.1) is 0 Å². The molecule has 13 heteroatoms. The maximum atomic E-state index is 12.9. The standard InChI is InChI=1S/C13H7F9O4/c14-11(15,16)7-3-1-6(2-4-7)9(25)26-10(5-8(23)24,12(17,18)19)13(20,21)22/h1-4H,5H2,(H,23,24). The van der Waals surface area contributed by atoms with Gasteiger partial charge in [0.15, 0.2) is 0 Å². The van der Waals surface area contributed by atoms with Gasteiger partial charge in [-0.2, -0.15) is 39.5 Å². The highest BCUT2D eigenvalue weighted by Gasteiger charge is 2.75. The molecule has 0 saturated carbocycles. The molecule has 0 aliphatic rings. The molecule has 26 heavy (non-hydrogen) atoms. The molecule has 1 N–H and O–H groups in total. The average molecular weight is 398 g/mol. The van der Waals surface area contributed by atoms with Gasteiger partial charge in [-0.3, -0.25) is 4.79 Å². The average Bonchev–Trinajstić information content (AvgIpc) is 2.42. The highest BCUT2D eigenvalue weighted by Crippen LogP contribution is 2.48. The minimum atomic E-state index is -6.36. The molecular weight excluding hydrogens is 391 g/mol. The minimum Gasteiger partial charge on any atom is -0.481 e. The quantitative estimate of drug-likeness (QED) is 0.610. The van der Waals surface area contributed by atoms with E-state index in [1.165, 1.54) is 0 Å². The molecule has 0 fully saturated rings. The van der Waals surface area contributed by atoms with E-state index in [2.05, 4.69) is 4.74 Å². The third-order valence-electron chi connectivity index (χ3n) is 3.03. The Labute approximate surface area is 138 Å². The van der Waals surface area contributed by atoms with E-state index in [-0.39, 0.29) is 12.1 Å². The van der Waals surface area contributed by atoms with Gasteiger partial charge in [-0.15, -0.1) is 0 Å². The number of benzene rings is 1. The first-order valence-corrected chi connectivity index (χ1v) is 6.27. The molecule has 146 valence electrons. The summed E-state index contributed by atoms with van der Waals surface area (Å²) in [5, 5.41) is 8.37. The van der Waals surface area contributed by atoms with E-state index in [9.17, 15) is 49.1 Å². The van der Waals surface area contributed by atoms with Crippen LogP contribution in [-0.2, 0) is 15.7 Å². The fourth-order valence-electron chi connectivity index (χ4n) is 1.74. The first-order chi connectivity index (χ1) is 11.5. The molecule has 0 bridgehead atoms. The van der Waals surface area contributed by atoms with E-state index in [0.29, 0.717) is 12.1 Å². The molecule has 0 unspecified atom stereocenters. The zero-order valence-electron chi connectivity index (χ0n) is 12.1. The van der Waals surface area contributed by atoms with Crippen LogP contribution in [0.15, 0.2) is 24.3 Å². The predicted octanol–water partition coefficient (Wildman–Crippen LogP) is 4.20. The fourth-order valence-corrected chi connectivity index (χ4v) is 1.74. The highest BCUT2D eigenvalue weighted by molar-refractivity contribution is 5.90. The van der Waals surface area contributed by atoms with Crippen molar-refractivity contribution in [1.29, 1.82) is 0 Å². The number of esters is 1. The van der Waals surface area contributed by atoms with Gasteiger partial charge in [-0.1, -0.05) is 0 Å². The molecular formula is C13H7F9O4. The Morgan fingerprint density at radius 3 is 1.58 bits per heavy atom. The molecule has 1 rings (SSSR count). The van der Waals surface area contributed by atoms with Crippen molar-refractivity contribution in [3.8, 4) is 0 Å². The van der Waals surface area contributed by atoms with Crippen LogP contribution in [0.25, 0.3) is 0 Å². The summed E-state index contributed by atoms with van der Waals surface area (Å²) in [7, 11) is 0. The summed E-state index contributed by atoms with van der Waals surface area (Å²) in [6.45, 7) is 0. The number of halogens is 9. The van der Waals surface area contributed by atoms with Crippen LogP contribution in [0.1, 0.15) is 22.3 Å². The van der Waals surface area contributed by atoms with Crippen molar-refractivity contribution < 1.29 is 58.9 Å². The third kappa shape index (κ3) is 4.38. The van der Waals surface area contributed by atoms with Gasteiger partial charge in [0, 0.05) is 0 Å². The molecule has 0 heterocycles. The summed E-state index contributed by atoms with van der Waals surface area (Å²) in [4.78, 5) is 22.1. The van der Waals surface area contributed by atoms with Gasteiger partial charge in [0.2, 0.25) is 0 Å². The molecule has 0 aliphatic heterocycles. The number of carboxylic acids is 1. The van der Waals surface area contributed by atoms with Crippen molar-refractivity contribution >= 4 is 11.9 Å². The van der Waals surface area contributed by atoms with Gasteiger partial charge in [0.1, 0.15) is 6.42 Å². The van der Waals surface area contributed by atoms with Crippen molar-refractivity contribution in [3.63, 3.8) is 0 Å². The number of ether oxygens (including phenoxy) is 1. The van der Waals surface area contributed by atoms with Crippen molar-refractivity contribution in [2.45, 2.75) is 30.6 Å². The second kappa shape index (κ2) is 6.68. The predicted molar refractivity (Wildman–Crippen MR) is 64.0 cm³/mol. The van der Waals surface area contributed by atoms with E-state index < -0.39 is 53.6 Å². The first-order valence-electron chi connectivity index (χ1n) is 6.27. The van der Waals surface area contributed by atoms with Gasteiger partial charge < -0.3 is 9.84 Å². The highest BCUT2D eigenvalue weighted by atomic mass is 19.4. The van der Waals surface area contributed by atoms with E-state index >= 15 is 0 Å². The van der Waals surface area contributed by atoms with Gasteiger partial charge in [-0.25, -0.2) is 4.79 Å². The zero-order chi connectivity index (χ0) is 20.6. The van der Waals surface area contributed by atoms with Crippen LogP contribution in [0.3, 0.4) is 0 Å². The Morgan fingerprint density at radius 2 is 1.27 bits per heavy atom. The third-order valence-corrected chi connectivity index (χ3v) is 3.03. The SMILES string of the molecule is O=C(O)CC(OC(=O)c1ccc(C(F)(F)F)cc1)(C(F)(F)F)C(F)(F)F. The number of hydrogen-bond acceptors (Lipinski definition) is 3. The normalized spacial score (nSPS) is 13.4. The number of aliphatic carboxylic acids is 1. The lowest BCUT2D eigenvalue weighted by Crippen LogP contribution is -2.60. The van der Waals surface area contributed by atoms with E-state index in [4.69, 9.17) is 5.11 Å². The maximum Gasteiger partial charge on any atom is 0.438 e. The molecule has 4 nitrogen and oxygen atoms in total. The Hall–Kier alpha value is -2.47. The summed E-state index contributed by atoms with van der Waals surface area (Å²) in [6.07, 6.45) is -20.3. The van der Waals surface area contributed by atoms with Crippen LogP contribution < -0.4 is 0 Å². The van der Waals surface area contributed by atoms with E-state index in [1.54, 1.807) is 0 Å². The molecule has 0 aromatic heterocycles. The summed E-state index contributed by atoms with van der Waals surface area (Å²) < 4.78 is 118. The van der Waals surface area contributed by atoms with Crippen LogP contribution in [0.2, 0.25) is 0 Å². The molecule has 1 aromatic rings. The second-order valence-electron chi connectivity index (χ2n) is 4.86. The van der Waals surface area contributed by atoms with Gasteiger partial charge in [0.25, 0.3) is 0 Å². The summed E-state index contributed by atoms with van der Waals surface area (Å²) in [5.41, 5.74) is -7.76. The Kier molecular flexibility index (Phi) is 5.55. The first kappa shape index (κ1) is 21.6. The molecule has 0 saturated heterocycles. The van der Waals surface area contributed by atoms with Crippen LogP contribution in [0.5, 0.6) is 0 Å². The largest absolute Gasteiger partial charge is 0.481 e. The Bertz CT molecular complexity index is 657. The topological polar surface area (TPSA) is 63.6 Å². The number of rotatable bonds is 4. The van der Waals surface area contributed by atoms with E-state index in [0.717, 1.165) is 0 Å². The van der Waals surface area contributed by atoms with Gasteiger partial charge >= 0.3 is 36.1 Å². The molecule has 0 amide bonds. The maximum absolute atomic E-state index is 12.9. The summed E-state index contributed by atoms with van der Waals surface area (Å²) in [6, 6.07) is 1.06. The van der Waals surface area contributed by atoms with Crippen molar-refractivity contribution in [3.05, 3.63) is 35.4 Å². The molecule has 0 spiro atoms. The van der Waals surface area contributed by atoms with Crippen molar-refractivity contribution in [2.24, 2.45) is 0 Å². The monoisotopic (exact) mass is 398 g/mol. The lowest BCUT2D eigenvalue weighted by molar-refractivity contribution is -0.365. The lowest BCUT2D eigenvalue weighted by Gasteiger charge is -2.35. The number of carbonyl (C=O) groups is 2. The second-order valence-corrected chi connectivity index (χ2v) is 4.86. The molecule has 0 aliphatic carbocycles. The number of hydrogen-bond donors (Lipinski definition) is 1. The number of carbonyl (C=O) groups excluding carboxylic acids is 1. The van der Waals surface area contributed by atoms with Crippen molar-refractivity contribution in [1.82, 2.24) is 0 Å². The zero-order valence-corrected chi connectivity index (χ0v) is 12.1. The van der Waals surface area contributed by atoms with Crippen molar-refractivity contribution in [2.75, 3.05) is 0 Å². The van der Waals surface area contributed by atoms with Gasteiger partial charge in [-0.05, 0) is 24.3 Å². The van der Waals surface area contributed by atoms with E-state index in [1.807, 2.05) is 0 Å². The minimum absolute atomic E-state index is 0.233. The lowest BCUT2D eigenvalue weighted by atomic mass is 9.97. The summed E-state index contributed by atoms with van der Waals surface area (Å²) in [5.74, 6) is -4.87. The molecule has 0 radical (unpaired) electrons. The van der Waals surface area contributed by atoms with Gasteiger partial charge in [0.05, 0.1) is 11.1 Å². The number of carboxylic acid groups (broad SMARTS) is 1. The molecule has 1 aromatic carbocycles. The van der Waals surface area contributed by atoms with Crippen LogP contribution >= 0.6 is 0 Å². The number of alkyl halides is 9. The molecule has 0 atom stereocenters. The Balaban J connectivity index is 3.30.